The lowest BCUT2D eigenvalue weighted by Crippen LogP contribution is -2.48. The van der Waals surface area contributed by atoms with E-state index >= 15 is 0 Å². The second-order valence-electron chi connectivity index (χ2n) is 10.9. The number of nitrogens with one attached hydrogen (secondary N) is 1. The quantitative estimate of drug-likeness (QED) is 0.334. The molecule has 1 aliphatic rings. The Morgan fingerprint density at radius 3 is 2.25 bits per heavy atom. The van der Waals surface area contributed by atoms with Gasteiger partial charge >= 0.3 is 5.97 Å². The Kier molecular flexibility index (Phi) is 7.52. The van der Waals surface area contributed by atoms with Gasteiger partial charge in [-0.2, -0.15) is 4.98 Å². The smallest absolute Gasteiger partial charge is 0.320 e. The number of hydrogen-bond acceptors (Lipinski definition) is 9. The first-order valence-corrected chi connectivity index (χ1v) is 15.1. The van der Waals surface area contributed by atoms with Crippen LogP contribution in [0.2, 0.25) is 0 Å². The SMILES string of the molecule is CC(C)(C)OC(=O)CN1CCN(c2ccc(Nc3nc4cccc(-c5ccc(S(C)(=O)=O)cc5)n4n3)cc2)CC1. The van der Waals surface area contributed by atoms with Crippen molar-refractivity contribution < 1.29 is 17.9 Å². The standard InChI is InChI=1S/C29H34N6O4S/c1-29(2,3)39-27(36)20-33-16-18-34(19-17-33)23-12-10-22(11-13-23)30-28-31-26-7-5-6-25(35(26)32-28)21-8-14-24(15-9-21)40(4,37)38/h5-15H,16-20H2,1-4H3,(H,30,32). The Morgan fingerprint density at radius 1 is 0.950 bits per heavy atom. The summed E-state index contributed by atoms with van der Waals surface area (Å²) in [4.78, 5) is 21.5. The van der Waals surface area contributed by atoms with Crippen molar-refractivity contribution in [3.05, 3.63) is 66.7 Å². The van der Waals surface area contributed by atoms with E-state index in [1.54, 1.807) is 28.8 Å². The van der Waals surface area contributed by atoms with Crippen LogP contribution in [0.15, 0.2) is 71.6 Å². The van der Waals surface area contributed by atoms with Crippen molar-refractivity contribution in [3.8, 4) is 11.3 Å². The van der Waals surface area contributed by atoms with Crippen molar-refractivity contribution >= 4 is 38.8 Å². The number of carbonyl (C=O) groups excluding carboxylic acids is 1. The monoisotopic (exact) mass is 562 g/mol. The molecule has 0 aliphatic carbocycles. The van der Waals surface area contributed by atoms with E-state index in [4.69, 9.17) is 4.74 Å². The van der Waals surface area contributed by atoms with Gasteiger partial charge in [0.05, 0.1) is 17.1 Å². The molecule has 1 N–H and O–H groups in total. The fourth-order valence-corrected chi connectivity index (χ4v) is 5.29. The molecule has 0 radical (unpaired) electrons. The maximum atomic E-state index is 12.1. The fraction of sp³-hybridized carbons (Fsp3) is 0.345. The third-order valence-corrected chi connectivity index (χ3v) is 7.70. The van der Waals surface area contributed by atoms with Crippen LogP contribution < -0.4 is 10.2 Å². The molecule has 0 spiro atoms. The molecule has 1 fully saturated rings. The van der Waals surface area contributed by atoms with Crippen molar-refractivity contribution in [1.29, 1.82) is 0 Å². The highest BCUT2D eigenvalue weighted by Crippen LogP contribution is 2.25. The molecule has 11 heteroatoms. The number of sulfone groups is 1. The van der Waals surface area contributed by atoms with E-state index in [0.717, 1.165) is 48.8 Å². The number of nitrogens with zero attached hydrogens (tertiary/aromatic N) is 5. The Bertz CT molecular complexity index is 1600. The van der Waals surface area contributed by atoms with Gasteiger partial charge in [-0.15, -0.1) is 5.10 Å². The van der Waals surface area contributed by atoms with Gasteiger partial charge in [0.25, 0.3) is 0 Å². The van der Waals surface area contributed by atoms with Gasteiger partial charge in [0.15, 0.2) is 15.5 Å². The number of fused-ring (bicyclic) bond motifs is 1. The van der Waals surface area contributed by atoms with Crippen LogP contribution in [-0.4, -0.2) is 78.5 Å². The number of hydrogen-bond donors (Lipinski definition) is 1. The lowest BCUT2D eigenvalue weighted by atomic mass is 10.1. The second-order valence-corrected chi connectivity index (χ2v) is 13.0. The van der Waals surface area contributed by atoms with E-state index in [9.17, 15) is 13.2 Å². The summed E-state index contributed by atoms with van der Waals surface area (Å²) in [6.07, 6.45) is 1.19. The largest absolute Gasteiger partial charge is 0.459 e. The third kappa shape index (κ3) is 6.60. The molecular weight excluding hydrogens is 528 g/mol. The molecule has 0 saturated carbocycles. The molecular formula is C29H34N6O4S. The van der Waals surface area contributed by atoms with Crippen LogP contribution in [0.3, 0.4) is 0 Å². The van der Waals surface area contributed by atoms with E-state index in [0.29, 0.717) is 18.1 Å². The van der Waals surface area contributed by atoms with E-state index in [1.807, 2.05) is 51.1 Å². The van der Waals surface area contributed by atoms with Gasteiger partial charge < -0.3 is 15.0 Å². The highest BCUT2D eigenvalue weighted by atomic mass is 32.2. The van der Waals surface area contributed by atoms with E-state index in [1.165, 1.54) is 6.26 Å². The summed E-state index contributed by atoms with van der Waals surface area (Å²) in [5.41, 5.74) is 3.83. The van der Waals surface area contributed by atoms with Crippen molar-refractivity contribution in [2.45, 2.75) is 31.3 Å². The van der Waals surface area contributed by atoms with Gasteiger partial charge in [-0.3, -0.25) is 9.69 Å². The van der Waals surface area contributed by atoms with Crippen LogP contribution in [0, 0.1) is 0 Å². The molecule has 0 bridgehead atoms. The van der Waals surface area contributed by atoms with Crippen molar-refractivity contribution in [2.75, 3.05) is 49.2 Å². The van der Waals surface area contributed by atoms with Crippen LogP contribution in [0.1, 0.15) is 20.8 Å². The summed E-state index contributed by atoms with van der Waals surface area (Å²) in [5, 5.41) is 7.92. The zero-order valence-corrected chi connectivity index (χ0v) is 24.0. The molecule has 1 aliphatic heterocycles. The lowest BCUT2D eigenvalue weighted by molar-refractivity contribution is -0.156. The number of ether oxygens (including phenoxy) is 1. The van der Waals surface area contributed by atoms with Gasteiger partial charge in [-0.25, -0.2) is 12.9 Å². The molecule has 3 heterocycles. The average molecular weight is 563 g/mol. The predicted octanol–water partition coefficient (Wildman–Crippen LogP) is 4.01. The predicted molar refractivity (Wildman–Crippen MR) is 156 cm³/mol. The molecule has 0 atom stereocenters. The number of carbonyl (C=O) groups is 1. The van der Waals surface area contributed by atoms with Gasteiger partial charge in [-0.1, -0.05) is 18.2 Å². The van der Waals surface area contributed by atoms with Gasteiger partial charge in [0.1, 0.15) is 5.60 Å². The van der Waals surface area contributed by atoms with Gasteiger partial charge in [-0.05, 0) is 69.3 Å². The van der Waals surface area contributed by atoms with Crippen molar-refractivity contribution in [3.63, 3.8) is 0 Å². The number of esters is 1. The summed E-state index contributed by atoms with van der Waals surface area (Å²) in [5.74, 6) is 0.276. The Hall–Kier alpha value is -3.96. The molecule has 4 aromatic rings. The summed E-state index contributed by atoms with van der Waals surface area (Å²) in [6, 6.07) is 20.6. The molecule has 210 valence electrons. The number of rotatable bonds is 7. The third-order valence-electron chi connectivity index (χ3n) is 6.57. The Balaban J connectivity index is 1.22. The fourth-order valence-electron chi connectivity index (χ4n) is 4.65. The number of benzene rings is 2. The van der Waals surface area contributed by atoms with Crippen LogP contribution in [-0.2, 0) is 19.4 Å². The second kappa shape index (κ2) is 10.9. The molecule has 2 aromatic heterocycles. The zero-order chi connectivity index (χ0) is 28.5. The molecule has 2 aromatic carbocycles. The van der Waals surface area contributed by atoms with Gasteiger partial charge in [0.2, 0.25) is 5.95 Å². The van der Waals surface area contributed by atoms with E-state index in [-0.39, 0.29) is 10.9 Å². The van der Waals surface area contributed by atoms with Crippen molar-refractivity contribution in [1.82, 2.24) is 19.5 Å². The molecule has 10 nitrogen and oxygen atoms in total. The molecule has 40 heavy (non-hydrogen) atoms. The normalized spacial score (nSPS) is 14.8. The minimum Gasteiger partial charge on any atom is -0.459 e. The number of aromatic nitrogens is 3. The number of pyridine rings is 1. The maximum Gasteiger partial charge on any atom is 0.320 e. The molecule has 0 amide bonds. The Labute approximate surface area is 234 Å². The molecule has 1 saturated heterocycles. The lowest BCUT2D eigenvalue weighted by Gasteiger charge is -2.36. The Morgan fingerprint density at radius 2 is 1.62 bits per heavy atom. The zero-order valence-electron chi connectivity index (χ0n) is 23.2. The van der Waals surface area contributed by atoms with Crippen LogP contribution >= 0.6 is 0 Å². The minimum atomic E-state index is -3.26. The van der Waals surface area contributed by atoms with Crippen molar-refractivity contribution in [2.24, 2.45) is 0 Å². The molecule has 5 rings (SSSR count). The summed E-state index contributed by atoms with van der Waals surface area (Å²) < 4.78 is 30.8. The summed E-state index contributed by atoms with van der Waals surface area (Å²) >= 11 is 0. The summed E-state index contributed by atoms with van der Waals surface area (Å²) in [6.45, 7) is 9.21. The van der Waals surface area contributed by atoms with E-state index < -0.39 is 15.4 Å². The first kappa shape index (κ1) is 27.6. The first-order chi connectivity index (χ1) is 18.9. The summed E-state index contributed by atoms with van der Waals surface area (Å²) in [7, 11) is -3.26. The first-order valence-electron chi connectivity index (χ1n) is 13.2. The average Bonchev–Trinajstić information content (AvgIpc) is 3.31. The number of anilines is 3. The maximum absolute atomic E-state index is 12.1. The molecule has 0 unspecified atom stereocenters. The highest BCUT2D eigenvalue weighted by molar-refractivity contribution is 7.90. The van der Waals surface area contributed by atoms with Crippen LogP contribution in [0.5, 0.6) is 0 Å². The van der Waals surface area contributed by atoms with Crippen LogP contribution in [0.25, 0.3) is 16.9 Å². The topological polar surface area (TPSA) is 109 Å². The number of piperazine rings is 1. The minimum absolute atomic E-state index is 0.186. The highest BCUT2D eigenvalue weighted by Gasteiger charge is 2.22. The van der Waals surface area contributed by atoms with E-state index in [2.05, 4.69) is 37.3 Å². The van der Waals surface area contributed by atoms with Crippen LogP contribution in [0.4, 0.5) is 17.3 Å². The van der Waals surface area contributed by atoms with Gasteiger partial charge in [0, 0.05) is 49.4 Å².